The summed E-state index contributed by atoms with van der Waals surface area (Å²) < 4.78 is 0.834. The molecule has 0 aromatic carbocycles. The third-order valence-electron chi connectivity index (χ3n) is 2.40. The van der Waals surface area contributed by atoms with E-state index in [1.54, 1.807) is 0 Å². The number of rotatable bonds is 5. The normalized spacial score (nSPS) is 11.9. The number of carboxylic acid groups (broad SMARTS) is 1. The topological polar surface area (TPSA) is 101 Å². The van der Waals surface area contributed by atoms with E-state index in [1.165, 1.54) is 0 Å². The Morgan fingerprint density at radius 2 is 2.17 bits per heavy atom. The second-order valence-corrected chi connectivity index (χ2v) is 3.90. The van der Waals surface area contributed by atoms with Gasteiger partial charge in [0.25, 0.3) is 5.56 Å². The van der Waals surface area contributed by atoms with Crippen molar-refractivity contribution in [2.75, 3.05) is 0 Å². The van der Waals surface area contributed by atoms with Crippen molar-refractivity contribution in [3.63, 3.8) is 0 Å². The van der Waals surface area contributed by atoms with E-state index in [1.807, 2.05) is 13.8 Å². The van der Waals surface area contributed by atoms with Gasteiger partial charge in [-0.15, -0.1) is 0 Å². The highest BCUT2D eigenvalue weighted by molar-refractivity contribution is 5.85. The van der Waals surface area contributed by atoms with Crippen LogP contribution < -0.4 is 10.9 Å². The predicted octanol–water partition coefficient (Wildman–Crippen LogP) is -0.144. The van der Waals surface area contributed by atoms with E-state index in [-0.39, 0.29) is 24.2 Å². The van der Waals surface area contributed by atoms with Gasteiger partial charge in [-0.3, -0.25) is 9.59 Å². The summed E-state index contributed by atoms with van der Waals surface area (Å²) in [6.45, 7) is 3.46. The fourth-order valence-corrected chi connectivity index (χ4v) is 1.23. The Morgan fingerprint density at radius 3 is 2.72 bits per heavy atom. The van der Waals surface area contributed by atoms with E-state index in [2.05, 4.69) is 10.4 Å². The number of carbonyl (C=O) groups is 2. The van der Waals surface area contributed by atoms with Gasteiger partial charge in [-0.2, -0.15) is 5.10 Å². The summed E-state index contributed by atoms with van der Waals surface area (Å²) in [7, 11) is 0. The van der Waals surface area contributed by atoms with Gasteiger partial charge in [0.05, 0.1) is 0 Å². The minimum absolute atomic E-state index is 0.00383. The molecule has 1 aromatic heterocycles. The van der Waals surface area contributed by atoms with Crippen LogP contribution in [0.2, 0.25) is 0 Å². The van der Waals surface area contributed by atoms with Gasteiger partial charge in [-0.25, -0.2) is 9.48 Å². The number of aromatic nitrogens is 2. The van der Waals surface area contributed by atoms with Crippen molar-refractivity contribution < 1.29 is 14.7 Å². The summed E-state index contributed by atoms with van der Waals surface area (Å²) in [5, 5.41) is 15.0. The van der Waals surface area contributed by atoms with Crippen LogP contribution in [-0.2, 0) is 11.3 Å². The van der Waals surface area contributed by atoms with Gasteiger partial charge in [-0.1, -0.05) is 6.92 Å². The van der Waals surface area contributed by atoms with E-state index in [0.717, 1.165) is 23.2 Å². The summed E-state index contributed by atoms with van der Waals surface area (Å²) in [5.41, 5.74) is -0.787. The Hall–Kier alpha value is -2.18. The molecule has 0 saturated heterocycles. The molecule has 1 unspecified atom stereocenters. The molecule has 98 valence electrons. The summed E-state index contributed by atoms with van der Waals surface area (Å²) in [6.07, 6.45) is 0.767. The van der Waals surface area contributed by atoms with Crippen molar-refractivity contribution in [1.29, 1.82) is 0 Å². The molecule has 0 aliphatic heterocycles. The van der Waals surface area contributed by atoms with Crippen LogP contribution in [0.4, 0.5) is 0 Å². The highest BCUT2D eigenvalue weighted by Gasteiger charge is 2.11. The first-order valence-electron chi connectivity index (χ1n) is 5.55. The lowest BCUT2D eigenvalue weighted by atomic mass is 10.2. The van der Waals surface area contributed by atoms with Crippen LogP contribution in [0.3, 0.4) is 0 Å². The monoisotopic (exact) mass is 253 g/mol. The first kappa shape index (κ1) is 13.9. The quantitative estimate of drug-likeness (QED) is 0.760. The van der Waals surface area contributed by atoms with E-state index >= 15 is 0 Å². The average Bonchev–Trinajstić information content (AvgIpc) is 2.31. The van der Waals surface area contributed by atoms with Crippen LogP contribution in [0.1, 0.15) is 30.8 Å². The minimum Gasteiger partial charge on any atom is -0.476 e. The van der Waals surface area contributed by atoms with Crippen molar-refractivity contribution >= 4 is 11.9 Å². The predicted molar refractivity (Wildman–Crippen MR) is 63.4 cm³/mol. The third-order valence-corrected chi connectivity index (χ3v) is 2.40. The molecule has 18 heavy (non-hydrogen) atoms. The van der Waals surface area contributed by atoms with Crippen molar-refractivity contribution in [3.8, 4) is 0 Å². The zero-order chi connectivity index (χ0) is 13.7. The second-order valence-electron chi connectivity index (χ2n) is 3.90. The molecular weight excluding hydrogens is 238 g/mol. The van der Waals surface area contributed by atoms with Gasteiger partial charge in [0, 0.05) is 12.1 Å². The zero-order valence-corrected chi connectivity index (χ0v) is 10.2. The molecule has 0 saturated carbocycles. The number of carbonyl (C=O) groups excluding carboxylic acids is 1. The van der Waals surface area contributed by atoms with Crippen LogP contribution in [0.5, 0.6) is 0 Å². The largest absolute Gasteiger partial charge is 0.476 e. The molecule has 1 rings (SSSR count). The molecule has 7 heteroatoms. The Bertz CT molecular complexity index is 509. The van der Waals surface area contributed by atoms with Crippen molar-refractivity contribution in [2.24, 2.45) is 0 Å². The first-order valence-corrected chi connectivity index (χ1v) is 5.55. The number of hydrogen-bond acceptors (Lipinski definition) is 4. The summed E-state index contributed by atoms with van der Waals surface area (Å²) >= 11 is 0. The summed E-state index contributed by atoms with van der Waals surface area (Å²) in [5.74, 6) is -1.62. The maximum Gasteiger partial charge on any atom is 0.356 e. The first-order chi connectivity index (χ1) is 8.43. The molecule has 0 aliphatic carbocycles. The number of hydrogen-bond donors (Lipinski definition) is 2. The van der Waals surface area contributed by atoms with Crippen LogP contribution in [-0.4, -0.2) is 32.8 Å². The number of amides is 1. The van der Waals surface area contributed by atoms with Gasteiger partial charge in [0.1, 0.15) is 6.54 Å². The van der Waals surface area contributed by atoms with E-state index in [4.69, 9.17) is 5.11 Å². The number of aromatic carboxylic acids is 1. The van der Waals surface area contributed by atoms with Crippen molar-refractivity contribution in [3.05, 3.63) is 28.2 Å². The Kier molecular flexibility index (Phi) is 4.59. The van der Waals surface area contributed by atoms with Gasteiger partial charge >= 0.3 is 5.97 Å². The molecule has 1 amide bonds. The fraction of sp³-hybridized carbons (Fsp3) is 0.455. The highest BCUT2D eigenvalue weighted by atomic mass is 16.4. The zero-order valence-electron chi connectivity index (χ0n) is 10.2. The lowest BCUT2D eigenvalue weighted by Crippen LogP contribution is -2.38. The molecule has 0 fully saturated rings. The molecule has 0 bridgehead atoms. The van der Waals surface area contributed by atoms with E-state index < -0.39 is 11.5 Å². The van der Waals surface area contributed by atoms with Crippen molar-refractivity contribution in [2.45, 2.75) is 32.9 Å². The molecule has 1 aromatic rings. The minimum atomic E-state index is -1.24. The summed E-state index contributed by atoms with van der Waals surface area (Å²) in [6, 6.07) is 2.18. The SMILES string of the molecule is CCC(C)NC(=O)Cn1nc(C(=O)O)ccc1=O. The average molecular weight is 253 g/mol. The highest BCUT2D eigenvalue weighted by Crippen LogP contribution is 1.91. The van der Waals surface area contributed by atoms with Crippen LogP contribution in [0, 0.1) is 0 Å². The standard InChI is InChI=1S/C11H15N3O4/c1-3-7(2)12-9(15)6-14-10(16)5-4-8(13-14)11(17)18/h4-5,7H,3,6H2,1-2H3,(H,12,15)(H,17,18). The van der Waals surface area contributed by atoms with E-state index in [9.17, 15) is 14.4 Å². The number of nitrogens with one attached hydrogen (secondary N) is 1. The Balaban J connectivity index is 2.84. The molecular formula is C11H15N3O4. The number of nitrogens with zero attached hydrogens (tertiary/aromatic N) is 2. The smallest absolute Gasteiger partial charge is 0.356 e. The lowest BCUT2D eigenvalue weighted by Gasteiger charge is -2.11. The molecule has 2 N–H and O–H groups in total. The van der Waals surface area contributed by atoms with Crippen LogP contribution in [0.25, 0.3) is 0 Å². The van der Waals surface area contributed by atoms with Crippen LogP contribution in [0.15, 0.2) is 16.9 Å². The van der Waals surface area contributed by atoms with Gasteiger partial charge in [-0.05, 0) is 19.4 Å². The molecule has 1 atom stereocenters. The van der Waals surface area contributed by atoms with Gasteiger partial charge in [0.15, 0.2) is 5.69 Å². The van der Waals surface area contributed by atoms with Gasteiger partial charge < -0.3 is 10.4 Å². The summed E-state index contributed by atoms with van der Waals surface area (Å²) in [4.78, 5) is 33.7. The maximum atomic E-state index is 11.6. The molecule has 7 nitrogen and oxygen atoms in total. The van der Waals surface area contributed by atoms with Crippen molar-refractivity contribution in [1.82, 2.24) is 15.1 Å². The third kappa shape index (κ3) is 3.69. The fourth-order valence-electron chi connectivity index (χ4n) is 1.23. The lowest BCUT2D eigenvalue weighted by molar-refractivity contribution is -0.122. The molecule has 0 radical (unpaired) electrons. The number of carboxylic acids is 1. The molecule has 0 aliphatic rings. The van der Waals surface area contributed by atoms with Crippen LogP contribution >= 0.6 is 0 Å². The maximum absolute atomic E-state index is 11.6. The van der Waals surface area contributed by atoms with Gasteiger partial charge in [0.2, 0.25) is 5.91 Å². The molecule has 1 heterocycles. The van der Waals surface area contributed by atoms with E-state index in [0.29, 0.717) is 0 Å². The second kappa shape index (κ2) is 5.95. The Morgan fingerprint density at radius 1 is 1.50 bits per heavy atom. The molecule has 0 spiro atoms. The Labute approximate surface area is 103 Å².